The summed E-state index contributed by atoms with van der Waals surface area (Å²) in [5.41, 5.74) is 2.43. The van der Waals surface area contributed by atoms with Crippen LogP contribution in [0.25, 0.3) is 0 Å². The average molecular weight is 286 g/mol. The van der Waals surface area contributed by atoms with Crippen molar-refractivity contribution in [2.75, 3.05) is 7.11 Å². The highest BCUT2D eigenvalue weighted by Crippen LogP contribution is 2.58. The molecule has 1 aromatic carbocycles. The van der Waals surface area contributed by atoms with E-state index >= 15 is 0 Å². The van der Waals surface area contributed by atoms with Crippen LogP contribution in [-0.4, -0.2) is 13.1 Å². The summed E-state index contributed by atoms with van der Waals surface area (Å²) in [6.07, 6.45) is 5.53. The smallest absolute Gasteiger partial charge is 0.312 e. The van der Waals surface area contributed by atoms with Crippen LogP contribution in [0.1, 0.15) is 68.9 Å². The maximum Gasteiger partial charge on any atom is 0.312 e. The van der Waals surface area contributed by atoms with Gasteiger partial charge in [-0.1, -0.05) is 38.1 Å². The van der Waals surface area contributed by atoms with Gasteiger partial charge in [-0.25, -0.2) is 0 Å². The molecule has 114 valence electrons. The molecule has 3 aliphatic rings. The highest BCUT2D eigenvalue weighted by atomic mass is 16.5. The molecule has 2 heteroatoms. The van der Waals surface area contributed by atoms with Crippen LogP contribution in [0.5, 0.6) is 0 Å². The number of carbonyl (C=O) groups is 1. The molecule has 0 aromatic heterocycles. The van der Waals surface area contributed by atoms with E-state index in [1.807, 2.05) is 0 Å². The van der Waals surface area contributed by atoms with Crippen molar-refractivity contribution in [1.82, 2.24) is 0 Å². The Kier molecular flexibility index (Phi) is 3.81. The predicted octanol–water partition coefficient (Wildman–Crippen LogP) is 4.65. The van der Waals surface area contributed by atoms with Gasteiger partial charge in [0.2, 0.25) is 0 Å². The first-order valence-corrected chi connectivity index (χ1v) is 8.25. The van der Waals surface area contributed by atoms with Crippen molar-refractivity contribution in [2.24, 2.45) is 11.3 Å². The molecule has 3 aliphatic carbocycles. The molecule has 0 spiro atoms. The molecule has 3 saturated carbocycles. The maximum atomic E-state index is 12.5. The lowest BCUT2D eigenvalue weighted by molar-refractivity contribution is -0.161. The Labute approximate surface area is 127 Å². The van der Waals surface area contributed by atoms with Crippen molar-refractivity contribution in [1.29, 1.82) is 0 Å². The van der Waals surface area contributed by atoms with E-state index in [1.54, 1.807) is 0 Å². The molecule has 1 unspecified atom stereocenters. The molecule has 21 heavy (non-hydrogen) atoms. The van der Waals surface area contributed by atoms with E-state index < -0.39 is 0 Å². The summed E-state index contributed by atoms with van der Waals surface area (Å²) in [6, 6.07) is 8.94. The Bertz CT molecular complexity index is 507. The molecule has 3 fully saturated rings. The normalized spacial score (nSPS) is 31.4. The van der Waals surface area contributed by atoms with Gasteiger partial charge in [0.05, 0.1) is 12.5 Å². The first-order chi connectivity index (χ1) is 10.1. The van der Waals surface area contributed by atoms with E-state index in [9.17, 15) is 4.79 Å². The third kappa shape index (κ3) is 2.39. The summed E-state index contributed by atoms with van der Waals surface area (Å²) in [7, 11) is 1.54. The summed E-state index contributed by atoms with van der Waals surface area (Å²) in [5, 5.41) is 0. The second kappa shape index (κ2) is 5.47. The minimum Gasteiger partial charge on any atom is -0.469 e. The van der Waals surface area contributed by atoms with Crippen LogP contribution in [0.3, 0.4) is 0 Å². The molecule has 0 amide bonds. The van der Waals surface area contributed by atoms with E-state index in [2.05, 4.69) is 38.1 Å². The van der Waals surface area contributed by atoms with Crippen LogP contribution >= 0.6 is 0 Å². The highest BCUT2D eigenvalue weighted by Gasteiger charge is 2.53. The molecule has 0 N–H and O–H groups in total. The third-order valence-electron chi connectivity index (χ3n) is 5.83. The Morgan fingerprint density at radius 2 is 1.81 bits per heavy atom. The first-order valence-electron chi connectivity index (χ1n) is 8.25. The van der Waals surface area contributed by atoms with Crippen LogP contribution < -0.4 is 0 Å². The van der Waals surface area contributed by atoms with Gasteiger partial charge in [-0.2, -0.15) is 0 Å². The monoisotopic (exact) mass is 286 g/mol. The lowest BCUT2D eigenvalue weighted by Gasteiger charge is -2.50. The van der Waals surface area contributed by atoms with Crippen molar-refractivity contribution in [3.8, 4) is 0 Å². The quantitative estimate of drug-likeness (QED) is 0.756. The zero-order valence-corrected chi connectivity index (χ0v) is 13.4. The average Bonchev–Trinajstić information content (AvgIpc) is 2.55. The van der Waals surface area contributed by atoms with Gasteiger partial charge < -0.3 is 4.74 Å². The van der Waals surface area contributed by atoms with E-state index in [4.69, 9.17) is 4.74 Å². The molecule has 4 rings (SSSR count). The fraction of sp³-hybridized carbons (Fsp3) is 0.632. The summed E-state index contributed by atoms with van der Waals surface area (Å²) in [4.78, 5) is 12.5. The Morgan fingerprint density at radius 1 is 1.19 bits per heavy atom. The Balaban J connectivity index is 1.93. The van der Waals surface area contributed by atoms with E-state index in [0.717, 1.165) is 25.2 Å². The molecule has 1 atom stereocenters. The van der Waals surface area contributed by atoms with Gasteiger partial charge in [0, 0.05) is 5.92 Å². The highest BCUT2D eigenvalue weighted by molar-refractivity contribution is 5.78. The van der Waals surface area contributed by atoms with Gasteiger partial charge in [0.1, 0.15) is 0 Å². The van der Waals surface area contributed by atoms with Gasteiger partial charge in [-0.15, -0.1) is 0 Å². The topological polar surface area (TPSA) is 26.3 Å². The van der Waals surface area contributed by atoms with Gasteiger partial charge in [-0.05, 0) is 55.1 Å². The van der Waals surface area contributed by atoms with Crippen molar-refractivity contribution < 1.29 is 9.53 Å². The predicted molar refractivity (Wildman–Crippen MR) is 84.3 cm³/mol. The Morgan fingerprint density at radius 3 is 2.33 bits per heavy atom. The molecule has 1 aromatic rings. The molecule has 0 aliphatic heterocycles. The van der Waals surface area contributed by atoms with Crippen LogP contribution in [0, 0.1) is 11.3 Å². The van der Waals surface area contributed by atoms with Crippen molar-refractivity contribution in [2.45, 2.75) is 57.8 Å². The number of esters is 1. The van der Waals surface area contributed by atoms with Crippen molar-refractivity contribution >= 4 is 5.97 Å². The number of carbonyl (C=O) groups excluding carboxylic acids is 1. The summed E-state index contributed by atoms with van der Waals surface area (Å²) >= 11 is 0. The Hall–Kier alpha value is -1.31. The standard InChI is InChI=1S/C19H26O2/c1-13(2)15-4-6-16(7-5-15)17-12-14-8-10-19(17,11-9-14)18(20)21-3/h4-7,13-14,17H,8-12H2,1-3H3. The fourth-order valence-electron chi connectivity index (χ4n) is 4.45. The number of methoxy groups -OCH3 is 1. The minimum absolute atomic E-state index is 0.0126. The van der Waals surface area contributed by atoms with Crippen LogP contribution in [-0.2, 0) is 9.53 Å². The number of fused-ring (bicyclic) bond motifs is 3. The molecule has 2 nitrogen and oxygen atoms in total. The van der Waals surface area contributed by atoms with Crippen molar-refractivity contribution in [3.05, 3.63) is 35.4 Å². The van der Waals surface area contributed by atoms with Gasteiger partial charge in [0.15, 0.2) is 0 Å². The first kappa shape index (κ1) is 14.6. The second-order valence-electron chi connectivity index (χ2n) is 7.20. The van der Waals surface area contributed by atoms with Gasteiger partial charge in [-0.3, -0.25) is 4.79 Å². The maximum absolute atomic E-state index is 12.5. The molecule has 0 heterocycles. The van der Waals surface area contributed by atoms with Gasteiger partial charge >= 0.3 is 5.97 Å². The summed E-state index contributed by atoms with van der Waals surface area (Å²) in [5.74, 6) is 1.71. The summed E-state index contributed by atoms with van der Waals surface area (Å²) in [6.45, 7) is 4.43. The third-order valence-corrected chi connectivity index (χ3v) is 5.83. The second-order valence-corrected chi connectivity index (χ2v) is 7.20. The zero-order valence-electron chi connectivity index (χ0n) is 13.4. The van der Waals surface area contributed by atoms with Gasteiger partial charge in [0.25, 0.3) is 0 Å². The number of rotatable bonds is 3. The number of hydrogen-bond acceptors (Lipinski definition) is 2. The number of ether oxygens (including phenoxy) is 1. The molecular weight excluding hydrogens is 260 g/mol. The minimum atomic E-state index is -0.261. The molecule has 0 saturated heterocycles. The number of benzene rings is 1. The van der Waals surface area contributed by atoms with E-state index in [-0.39, 0.29) is 11.4 Å². The van der Waals surface area contributed by atoms with E-state index in [1.165, 1.54) is 31.1 Å². The molecular formula is C19H26O2. The fourth-order valence-corrected chi connectivity index (χ4v) is 4.45. The lowest BCUT2D eigenvalue weighted by atomic mass is 9.53. The largest absolute Gasteiger partial charge is 0.469 e. The molecule has 0 radical (unpaired) electrons. The van der Waals surface area contributed by atoms with Crippen LogP contribution in [0.15, 0.2) is 24.3 Å². The van der Waals surface area contributed by atoms with Crippen LogP contribution in [0.2, 0.25) is 0 Å². The number of hydrogen-bond donors (Lipinski definition) is 0. The van der Waals surface area contributed by atoms with Crippen molar-refractivity contribution in [3.63, 3.8) is 0 Å². The SMILES string of the molecule is COC(=O)C12CCC(CC1)CC2c1ccc(C(C)C)cc1. The zero-order chi connectivity index (χ0) is 15.0. The summed E-state index contributed by atoms with van der Waals surface area (Å²) < 4.78 is 5.18. The van der Waals surface area contributed by atoms with E-state index in [0.29, 0.717) is 11.8 Å². The van der Waals surface area contributed by atoms with Crippen LogP contribution in [0.4, 0.5) is 0 Å². The lowest BCUT2D eigenvalue weighted by Crippen LogP contribution is -2.46. The molecule has 2 bridgehead atoms.